The minimum atomic E-state index is -3.38. The SMILES string of the molecule is CCc1ccc2c(c1)C(=O)CC1(CCN(S(=O)(=O)Cc3ccccc3)CC1)O2. The van der Waals surface area contributed by atoms with E-state index in [0.29, 0.717) is 43.7 Å². The van der Waals surface area contributed by atoms with Gasteiger partial charge in [0.2, 0.25) is 10.0 Å². The molecular formula is C22H25NO4S. The van der Waals surface area contributed by atoms with Gasteiger partial charge in [-0.1, -0.05) is 43.3 Å². The molecule has 0 radical (unpaired) electrons. The Morgan fingerprint density at radius 2 is 1.75 bits per heavy atom. The fourth-order valence-electron chi connectivity index (χ4n) is 4.09. The molecule has 2 aliphatic heterocycles. The molecule has 28 heavy (non-hydrogen) atoms. The molecule has 0 atom stereocenters. The van der Waals surface area contributed by atoms with Crippen molar-refractivity contribution >= 4 is 15.8 Å². The normalized spacial score (nSPS) is 19.2. The molecule has 2 aliphatic rings. The standard InChI is InChI=1S/C22H25NO4S/c1-2-17-8-9-21-19(14-17)20(24)15-22(27-21)10-12-23(13-11-22)28(25,26)16-18-6-4-3-5-7-18/h3-9,14H,2,10-13,15-16H2,1H3. The van der Waals surface area contributed by atoms with E-state index in [1.165, 1.54) is 4.31 Å². The molecule has 0 saturated carbocycles. The molecule has 2 heterocycles. The van der Waals surface area contributed by atoms with Crippen molar-refractivity contribution in [2.75, 3.05) is 13.1 Å². The largest absolute Gasteiger partial charge is 0.486 e. The molecule has 2 aromatic carbocycles. The van der Waals surface area contributed by atoms with Gasteiger partial charge in [0, 0.05) is 25.9 Å². The van der Waals surface area contributed by atoms with Crippen LogP contribution in [-0.2, 0) is 22.2 Å². The molecule has 0 amide bonds. The van der Waals surface area contributed by atoms with Gasteiger partial charge in [0.15, 0.2) is 5.78 Å². The maximum absolute atomic E-state index is 12.8. The highest BCUT2D eigenvalue weighted by Gasteiger charge is 2.44. The van der Waals surface area contributed by atoms with Crippen LogP contribution in [0.25, 0.3) is 0 Å². The van der Waals surface area contributed by atoms with Crippen molar-refractivity contribution in [3.05, 3.63) is 65.2 Å². The third-order valence-electron chi connectivity index (χ3n) is 5.78. The number of benzene rings is 2. The monoisotopic (exact) mass is 399 g/mol. The highest BCUT2D eigenvalue weighted by atomic mass is 32.2. The highest BCUT2D eigenvalue weighted by molar-refractivity contribution is 7.88. The third kappa shape index (κ3) is 3.71. The number of Topliss-reactive ketones (excluding diaryl/α,β-unsaturated/α-hetero) is 1. The van der Waals surface area contributed by atoms with Crippen LogP contribution in [0.1, 0.15) is 47.7 Å². The van der Waals surface area contributed by atoms with E-state index < -0.39 is 15.6 Å². The van der Waals surface area contributed by atoms with Gasteiger partial charge in [-0.15, -0.1) is 0 Å². The number of carbonyl (C=O) groups excluding carboxylic acids is 1. The highest BCUT2D eigenvalue weighted by Crippen LogP contribution is 2.40. The number of hydrogen-bond donors (Lipinski definition) is 0. The molecule has 0 aromatic heterocycles. The molecule has 148 valence electrons. The van der Waals surface area contributed by atoms with E-state index in [2.05, 4.69) is 6.92 Å². The zero-order chi connectivity index (χ0) is 19.8. The van der Waals surface area contributed by atoms with Crippen LogP contribution < -0.4 is 4.74 Å². The Morgan fingerprint density at radius 1 is 1.04 bits per heavy atom. The summed E-state index contributed by atoms with van der Waals surface area (Å²) in [7, 11) is -3.38. The van der Waals surface area contributed by atoms with Gasteiger partial charge in [0.05, 0.1) is 17.7 Å². The molecule has 5 nitrogen and oxygen atoms in total. The zero-order valence-electron chi connectivity index (χ0n) is 16.1. The summed E-state index contributed by atoms with van der Waals surface area (Å²) < 4.78 is 33.4. The number of aryl methyl sites for hydroxylation is 1. The number of nitrogens with zero attached hydrogens (tertiary/aromatic N) is 1. The van der Waals surface area contributed by atoms with Gasteiger partial charge in [-0.2, -0.15) is 0 Å². The van der Waals surface area contributed by atoms with Crippen molar-refractivity contribution in [3.63, 3.8) is 0 Å². The molecule has 0 aliphatic carbocycles. The summed E-state index contributed by atoms with van der Waals surface area (Å²) >= 11 is 0. The Balaban J connectivity index is 1.47. The predicted octanol–water partition coefficient (Wildman–Crippen LogP) is 3.58. The molecule has 0 bridgehead atoms. The second kappa shape index (κ2) is 7.33. The summed E-state index contributed by atoms with van der Waals surface area (Å²) in [5, 5.41) is 0. The lowest BCUT2D eigenvalue weighted by Gasteiger charge is -2.43. The third-order valence-corrected chi connectivity index (χ3v) is 7.63. The van der Waals surface area contributed by atoms with Crippen molar-refractivity contribution in [2.45, 2.75) is 44.0 Å². The molecule has 1 spiro atoms. The van der Waals surface area contributed by atoms with Crippen LogP contribution in [0.5, 0.6) is 5.75 Å². The summed E-state index contributed by atoms with van der Waals surface area (Å²) in [6.07, 6.45) is 2.25. The first-order valence-electron chi connectivity index (χ1n) is 9.78. The Hall–Kier alpha value is -2.18. The summed E-state index contributed by atoms with van der Waals surface area (Å²) in [4.78, 5) is 12.7. The minimum absolute atomic E-state index is 0.00323. The van der Waals surface area contributed by atoms with Gasteiger partial charge in [0.1, 0.15) is 11.4 Å². The Labute approximate surface area is 166 Å². The molecule has 4 rings (SSSR count). The first kappa shape index (κ1) is 19.2. The minimum Gasteiger partial charge on any atom is -0.486 e. The lowest BCUT2D eigenvalue weighted by atomic mass is 9.82. The number of sulfonamides is 1. The van der Waals surface area contributed by atoms with Crippen molar-refractivity contribution in [2.24, 2.45) is 0 Å². The number of fused-ring (bicyclic) bond motifs is 1. The van der Waals surface area contributed by atoms with Crippen LogP contribution in [0.3, 0.4) is 0 Å². The number of rotatable bonds is 4. The van der Waals surface area contributed by atoms with Crippen LogP contribution >= 0.6 is 0 Å². The predicted molar refractivity (Wildman–Crippen MR) is 108 cm³/mol. The van der Waals surface area contributed by atoms with Crippen LogP contribution in [0, 0.1) is 0 Å². The fraction of sp³-hybridized carbons (Fsp3) is 0.409. The van der Waals surface area contributed by atoms with E-state index in [1.807, 2.05) is 48.5 Å². The van der Waals surface area contributed by atoms with E-state index in [-0.39, 0.29) is 11.5 Å². The van der Waals surface area contributed by atoms with Gasteiger partial charge in [0.25, 0.3) is 0 Å². The van der Waals surface area contributed by atoms with Crippen LogP contribution in [-0.4, -0.2) is 37.2 Å². The van der Waals surface area contributed by atoms with E-state index in [1.54, 1.807) is 0 Å². The van der Waals surface area contributed by atoms with Gasteiger partial charge in [-0.3, -0.25) is 4.79 Å². The van der Waals surface area contributed by atoms with E-state index >= 15 is 0 Å². The smallest absolute Gasteiger partial charge is 0.218 e. The van der Waals surface area contributed by atoms with Crippen LogP contribution in [0.15, 0.2) is 48.5 Å². The lowest BCUT2D eigenvalue weighted by molar-refractivity contribution is 0.00587. The van der Waals surface area contributed by atoms with E-state index in [9.17, 15) is 13.2 Å². The van der Waals surface area contributed by atoms with Gasteiger partial charge < -0.3 is 4.74 Å². The molecular weight excluding hydrogens is 374 g/mol. The number of carbonyl (C=O) groups is 1. The topological polar surface area (TPSA) is 63.7 Å². The molecule has 1 fully saturated rings. The lowest BCUT2D eigenvalue weighted by Crippen LogP contribution is -2.52. The van der Waals surface area contributed by atoms with Gasteiger partial charge in [-0.05, 0) is 29.7 Å². The van der Waals surface area contributed by atoms with Crippen molar-refractivity contribution < 1.29 is 17.9 Å². The summed E-state index contributed by atoms with van der Waals surface area (Å²) in [6, 6.07) is 15.0. The van der Waals surface area contributed by atoms with E-state index in [0.717, 1.165) is 17.5 Å². The van der Waals surface area contributed by atoms with Gasteiger partial charge >= 0.3 is 0 Å². The van der Waals surface area contributed by atoms with Crippen LogP contribution in [0.2, 0.25) is 0 Å². The quantitative estimate of drug-likeness (QED) is 0.788. The Kier molecular flexibility index (Phi) is 5.02. The average molecular weight is 400 g/mol. The number of ketones is 1. The summed E-state index contributed by atoms with van der Waals surface area (Å²) in [5.41, 5.74) is 1.97. The molecule has 0 unspecified atom stereocenters. The maximum atomic E-state index is 12.8. The number of hydrogen-bond acceptors (Lipinski definition) is 4. The fourth-order valence-corrected chi connectivity index (χ4v) is 5.62. The Morgan fingerprint density at radius 3 is 2.43 bits per heavy atom. The average Bonchev–Trinajstić information content (AvgIpc) is 2.68. The van der Waals surface area contributed by atoms with Crippen LogP contribution in [0.4, 0.5) is 0 Å². The first-order chi connectivity index (χ1) is 13.4. The summed E-state index contributed by atoms with van der Waals surface area (Å²) in [5.74, 6) is 0.731. The summed E-state index contributed by atoms with van der Waals surface area (Å²) in [6.45, 7) is 2.82. The number of piperidine rings is 1. The molecule has 0 N–H and O–H groups in total. The Bertz CT molecular complexity index is 977. The van der Waals surface area contributed by atoms with Crippen molar-refractivity contribution in [1.82, 2.24) is 4.31 Å². The second-order valence-electron chi connectivity index (χ2n) is 7.71. The van der Waals surface area contributed by atoms with E-state index in [4.69, 9.17) is 4.74 Å². The number of ether oxygens (including phenoxy) is 1. The molecule has 2 aromatic rings. The van der Waals surface area contributed by atoms with Gasteiger partial charge in [-0.25, -0.2) is 12.7 Å². The first-order valence-corrected chi connectivity index (χ1v) is 11.4. The van der Waals surface area contributed by atoms with Crippen molar-refractivity contribution in [3.8, 4) is 5.75 Å². The van der Waals surface area contributed by atoms with Crippen molar-refractivity contribution in [1.29, 1.82) is 0 Å². The maximum Gasteiger partial charge on any atom is 0.218 e. The molecule has 1 saturated heterocycles. The second-order valence-corrected chi connectivity index (χ2v) is 9.68. The molecule has 6 heteroatoms. The zero-order valence-corrected chi connectivity index (χ0v) is 16.9.